The average Bonchev–Trinajstić information content (AvgIpc) is 3.26. The average molecular weight is 847 g/mol. The van der Waals surface area contributed by atoms with Crippen molar-refractivity contribution in [1.29, 1.82) is 0 Å². The van der Waals surface area contributed by atoms with Crippen LogP contribution in [0.4, 0.5) is 0 Å². The molecule has 0 heterocycles. The normalized spacial score (nSPS) is 12.9. The fourth-order valence-electron chi connectivity index (χ4n) is 6.43. The van der Waals surface area contributed by atoms with Crippen molar-refractivity contribution in [3.05, 3.63) is 97.2 Å². The van der Waals surface area contributed by atoms with E-state index in [0.717, 1.165) is 103 Å². The summed E-state index contributed by atoms with van der Waals surface area (Å²) >= 11 is 0. The number of carbonyl (C=O) groups excluding carboxylic acids is 3. The monoisotopic (exact) mass is 847 g/mol. The number of carbonyl (C=O) groups is 3. The predicted octanol–water partition coefficient (Wildman–Crippen LogP) is 16.2. The number of unbranched alkanes of at least 4 members (excludes halogenated alkanes) is 21. The van der Waals surface area contributed by atoms with Crippen LogP contribution >= 0.6 is 0 Å². The Morgan fingerprint density at radius 1 is 0.344 bits per heavy atom. The molecule has 0 aromatic carbocycles. The van der Waals surface area contributed by atoms with Crippen molar-refractivity contribution in [3.63, 3.8) is 0 Å². The summed E-state index contributed by atoms with van der Waals surface area (Å²) in [5.74, 6) is -0.984. The minimum absolute atomic E-state index is 0.108. The Labute approximate surface area is 375 Å². The highest BCUT2D eigenvalue weighted by atomic mass is 16.6. The van der Waals surface area contributed by atoms with E-state index in [1.165, 1.54) is 64.2 Å². The van der Waals surface area contributed by atoms with E-state index in [9.17, 15) is 14.4 Å². The molecule has 0 rings (SSSR count). The van der Waals surface area contributed by atoms with E-state index >= 15 is 0 Å². The minimum atomic E-state index is -0.810. The Bertz CT molecular complexity index is 1250. The number of esters is 3. The number of ether oxygens (including phenoxy) is 3. The van der Waals surface area contributed by atoms with Crippen LogP contribution in [-0.2, 0) is 28.6 Å². The van der Waals surface area contributed by atoms with Crippen molar-refractivity contribution in [1.82, 2.24) is 0 Å². The zero-order valence-corrected chi connectivity index (χ0v) is 39.4. The van der Waals surface area contributed by atoms with Gasteiger partial charge in [0.25, 0.3) is 0 Å². The van der Waals surface area contributed by atoms with Crippen molar-refractivity contribution in [2.24, 2.45) is 0 Å². The maximum atomic E-state index is 12.7. The Kier molecular flexibility index (Phi) is 46.0. The molecule has 0 aliphatic heterocycles. The van der Waals surface area contributed by atoms with Gasteiger partial charge in [-0.15, -0.1) is 0 Å². The van der Waals surface area contributed by atoms with Crippen LogP contribution in [0.1, 0.15) is 213 Å². The first-order chi connectivity index (χ1) is 30.0. The molecule has 6 nitrogen and oxygen atoms in total. The van der Waals surface area contributed by atoms with E-state index in [1.54, 1.807) is 0 Å². The maximum Gasteiger partial charge on any atom is 0.306 e. The zero-order valence-electron chi connectivity index (χ0n) is 39.4. The molecule has 0 bridgehead atoms. The molecule has 346 valence electrons. The summed E-state index contributed by atoms with van der Waals surface area (Å²) in [5.41, 5.74) is 0. The quantitative estimate of drug-likeness (QED) is 0.0200. The largest absolute Gasteiger partial charge is 0.462 e. The SMILES string of the molecule is CC\C=C/C=C\C=C/C=C\C=C/CCCCCC(=O)OC(COC(=O)CCCCCC/C=C\CCCC)COC(=O)CCCCCCC/C=C\C=C/CCCCCCCCC. The zero-order chi connectivity index (χ0) is 44.4. The van der Waals surface area contributed by atoms with Crippen molar-refractivity contribution in [2.45, 2.75) is 219 Å². The molecular formula is C55H90O6. The second-order valence-electron chi connectivity index (χ2n) is 16.1. The number of hydrogen-bond acceptors (Lipinski definition) is 6. The molecule has 0 amide bonds. The van der Waals surface area contributed by atoms with Crippen molar-refractivity contribution < 1.29 is 28.6 Å². The molecule has 0 saturated carbocycles. The van der Waals surface area contributed by atoms with Crippen LogP contribution in [0.3, 0.4) is 0 Å². The van der Waals surface area contributed by atoms with Gasteiger partial charge in [-0.1, -0.05) is 208 Å². The van der Waals surface area contributed by atoms with Gasteiger partial charge < -0.3 is 14.2 Å². The second-order valence-corrected chi connectivity index (χ2v) is 16.1. The lowest BCUT2D eigenvalue weighted by molar-refractivity contribution is -0.167. The van der Waals surface area contributed by atoms with Crippen LogP contribution in [0.25, 0.3) is 0 Å². The lowest BCUT2D eigenvalue weighted by atomic mass is 10.1. The van der Waals surface area contributed by atoms with E-state index < -0.39 is 6.10 Å². The van der Waals surface area contributed by atoms with E-state index in [0.29, 0.717) is 19.3 Å². The first-order valence-corrected chi connectivity index (χ1v) is 24.8. The van der Waals surface area contributed by atoms with Gasteiger partial charge in [0.2, 0.25) is 0 Å². The molecule has 0 saturated heterocycles. The lowest BCUT2D eigenvalue weighted by Gasteiger charge is -2.18. The van der Waals surface area contributed by atoms with Crippen molar-refractivity contribution in [3.8, 4) is 0 Å². The van der Waals surface area contributed by atoms with E-state index in [1.807, 2.05) is 48.6 Å². The van der Waals surface area contributed by atoms with Gasteiger partial charge in [-0.2, -0.15) is 0 Å². The molecule has 0 radical (unpaired) electrons. The summed E-state index contributed by atoms with van der Waals surface area (Å²) in [7, 11) is 0. The molecule has 0 aromatic heterocycles. The Balaban J connectivity index is 4.48. The standard InChI is InChI=1S/C55H90O6/c1-4-7-10-13-16-19-22-24-26-27-28-30-31-33-36-39-42-45-48-54(57)60-51-52(50-59-53(56)47-44-41-38-35-21-18-15-12-9-6-3)61-55(58)49-46-43-40-37-34-32-29-25-23-20-17-14-11-8-5-2/h8,11,14-15,17-18,20,23,25-30,32,34,52H,4-7,9-10,12-13,16,19,21-22,24,31,33,35-51H2,1-3H3/b11-8-,17-14-,18-15-,23-20-,27-26-,29-25-,30-28-,34-32-. The van der Waals surface area contributed by atoms with Gasteiger partial charge in [0.1, 0.15) is 13.2 Å². The summed E-state index contributed by atoms with van der Waals surface area (Å²) in [5, 5.41) is 0. The molecule has 0 spiro atoms. The third-order valence-electron chi connectivity index (χ3n) is 10.2. The van der Waals surface area contributed by atoms with Gasteiger partial charge in [-0.05, 0) is 83.5 Å². The van der Waals surface area contributed by atoms with Gasteiger partial charge in [0.15, 0.2) is 6.10 Å². The first kappa shape index (κ1) is 57.3. The van der Waals surface area contributed by atoms with Crippen LogP contribution in [0.2, 0.25) is 0 Å². The smallest absolute Gasteiger partial charge is 0.306 e. The molecule has 1 atom stereocenters. The molecular weight excluding hydrogens is 757 g/mol. The second kappa shape index (κ2) is 49.0. The predicted molar refractivity (Wildman–Crippen MR) is 260 cm³/mol. The van der Waals surface area contributed by atoms with E-state index in [2.05, 4.69) is 69.4 Å². The molecule has 0 aliphatic rings. The fraction of sp³-hybridized carbons (Fsp3) is 0.655. The molecule has 0 N–H and O–H groups in total. The summed E-state index contributed by atoms with van der Waals surface area (Å²) in [6.45, 7) is 6.37. The van der Waals surface area contributed by atoms with Crippen molar-refractivity contribution >= 4 is 17.9 Å². The highest BCUT2D eigenvalue weighted by Crippen LogP contribution is 2.13. The Morgan fingerprint density at radius 2 is 0.672 bits per heavy atom. The van der Waals surface area contributed by atoms with Crippen LogP contribution < -0.4 is 0 Å². The van der Waals surface area contributed by atoms with Crippen LogP contribution in [-0.4, -0.2) is 37.2 Å². The Morgan fingerprint density at radius 3 is 1.13 bits per heavy atom. The highest BCUT2D eigenvalue weighted by molar-refractivity contribution is 5.71. The van der Waals surface area contributed by atoms with Gasteiger partial charge in [-0.3, -0.25) is 14.4 Å². The van der Waals surface area contributed by atoms with Gasteiger partial charge >= 0.3 is 17.9 Å². The molecule has 1 unspecified atom stereocenters. The summed E-state index contributed by atoms with van der Waals surface area (Å²) in [4.78, 5) is 37.8. The number of rotatable bonds is 43. The topological polar surface area (TPSA) is 78.9 Å². The lowest BCUT2D eigenvalue weighted by Crippen LogP contribution is -2.30. The van der Waals surface area contributed by atoms with E-state index in [4.69, 9.17) is 14.2 Å². The third-order valence-corrected chi connectivity index (χ3v) is 10.2. The molecule has 0 aliphatic carbocycles. The molecule has 61 heavy (non-hydrogen) atoms. The third kappa shape index (κ3) is 47.2. The van der Waals surface area contributed by atoms with Gasteiger partial charge in [0.05, 0.1) is 0 Å². The summed E-state index contributed by atoms with van der Waals surface area (Å²) in [6, 6.07) is 0. The molecule has 0 fully saturated rings. The number of hydrogen-bond donors (Lipinski definition) is 0. The number of allylic oxidation sites excluding steroid dienone is 16. The molecule has 0 aromatic rings. The van der Waals surface area contributed by atoms with Gasteiger partial charge in [-0.25, -0.2) is 0 Å². The Hall–Kier alpha value is -3.67. The van der Waals surface area contributed by atoms with Gasteiger partial charge in [0, 0.05) is 19.3 Å². The minimum Gasteiger partial charge on any atom is -0.462 e. The summed E-state index contributed by atoms with van der Waals surface area (Å²) < 4.78 is 16.7. The fourth-order valence-corrected chi connectivity index (χ4v) is 6.43. The highest BCUT2D eigenvalue weighted by Gasteiger charge is 2.19. The molecule has 6 heteroatoms. The van der Waals surface area contributed by atoms with Crippen LogP contribution in [0.5, 0.6) is 0 Å². The van der Waals surface area contributed by atoms with Crippen LogP contribution in [0.15, 0.2) is 97.2 Å². The van der Waals surface area contributed by atoms with Crippen molar-refractivity contribution in [2.75, 3.05) is 13.2 Å². The van der Waals surface area contributed by atoms with E-state index in [-0.39, 0.29) is 37.5 Å². The first-order valence-electron chi connectivity index (χ1n) is 24.8. The van der Waals surface area contributed by atoms with Crippen LogP contribution in [0, 0.1) is 0 Å². The maximum absolute atomic E-state index is 12.7. The summed E-state index contributed by atoms with van der Waals surface area (Å²) in [6.07, 6.45) is 63.9.